The van der Waals surface area contributed by atoms with Crippen molar-refractivity contribution in [2.45, 2.75) is 84.1 Å². The molecule has 8 rings (SSSR count). The van der Waals surface area contributed by atoms with Gasteiger partial charge in [0.05, 0.1) is 16.8 Å². The molecule has 6 aromatic carbocycles. The molecule has 0 unspecified atom stereocenters. The first-order valence-corrected chi connectivity index (χ1v) is 19.2. The van der Waals surface area contributed by atoms with Crippen LogP contribution < -0.4 is 4.90 Å². The maximum atomic E-state index is 14.4. The minimum Gasteiger partial charge on any atom is -0.478 e. The highest BCUT2D eigenvalue weighted by Gasteiger charge is 2.40. The second kappa shape index (κ2) is 13.9. The first kappa shape index (κ1) is 35.8. The van der Waals surface area contributed by atoms with Gasteiger partial charge in [-0.3, -0.25) is 24.1 Å². The number of imide groups is 2. The summed E-state index contributed by atoms with van der Waals surface area (Å²) in [5.74, 6) is -4.88. The van der Waals surface area contributed by atoms with Crippen LogP contribution in [0.3, 0.4) is 0 Å². The molecule has 10 heteroatoms. The number of carboxylic acids is 2. The number of carbonyl (C=O) groups is 6. The summed E-state index contributed by atoms with van der Waals surface area (Å²) in [6, 6.07) is 17.1. The Bertz CT molecular complexity index is 2510. The molecule has 0 spiro atoms. The third kappa shape index (κ3) is 5.53. The Hall–Kier alpha value is -6.16. The van der Waals surface area contributed by atoms with Gasteiger partial charge in [-0.05, 0) is 87.6 Å². The van der Waals surface area contributed by atoms with E-state index in [2.05, 4.69) is 13.8 Å². The van der Waals surface area contributed by atoms with Gasteiger partial charge in [-0.1, -0.05) is 89.5 Å². The maximum absolute atomic E-state index is 14.4. The van der Waals surface area contributed by atoms with Crippen molar-refractivity contribution in [3.63, 3.8) is 0 Å². The SMILES string of the molecule is CCCCCCC(CCCCCC)N1C(=O)c2ccc3c4ccc5c6c(ccc(c7ccc(c2c37)C1=O)c64)C(=O)N(c1cc(C(=O)O)ccc1C(=O)O)C5=O. The quantitative estimate of drug-likeness (QED) is 0.0486. The Labute approximate surface area is 316 Å². The first-order valence-electron chi connectivity index (χ1n) is 19.2. The van der Waals surface area contributed by atoms with Gasteiger partial charge in [0, 0.05) is 39.1 Å². The number of hydrogen-bond donors (Lipinski definition) is 2. The number of nitrogens with zero attached hydrogens (tertiary/aromatic N) is 2. The molecule has 0 fully saturated rings. The van der Waals surface area contributed by atoms with Gasteiger partial charge in [0.2, 0.25) is 0 Å². The monoisotopic (exact) mass is 736 g/mol. The van der Waals surface area contributed by atoms with Gasteiger partial charge in [-0.2, -0.15) is 0 Å². The largest absolute Gasteiger partial charge is 0.478 e. The topological polar surface area (TPSA) is 149 Å². The number of amides is 4. The maximum Gasteiger partial charge on any atom is 0.337 e. The average molecular weight is 737 g/mol. The summed E-state index contributed by atoms with van der Waals surface area (Å²) in [7, 11) is 0. The lowest BCUT2D eigenvalue weighted by atomic mass is 9.82. The van der Waals surface area contributed by atoms with Crippen molar-refractivity contribution in [3.8, 4) is 0 Å². The minimum atomic E-state index is -1.42. The molecular formula is C45H40N2O8. The number of benzene rings is 6. The van der Waals surface area contributed by atoms with Crippen LogP contribution in [0.25, 0.3) is 43.1 Å². The molecule has 2 N–H and O–H groups in total. The van der Waals surface area contributed by atoms with E-state index in [9.17, 15) is 39.0 Å². The summed E-state index contributed by atoms with van der Waals surface area (Å²) < 4.78 is 0. The number of carboxylic acid groups (broad SMARTS) is 2. The average Bonchev–Trinajstić information content (AvgIpc) is 3.18. The third-order valence-corrected chi connectivity index (χ3v) is 11.5. The van der Waals surface area contributed by atoms with Crippen LogP contribution in [0, 0.1) is 0 Å². The van der Waals surface area contributed by atoms with E-state index in [1.165, 1.54) is 4.90 Å². The zero-order chi connectivity index (χ0) is 38.7. The Morgan fingerprint density at radius 2 is 0.964 bits per heavy atom. The second-order valence-electron chi connectivity index (χ2n) is 14.8. The highest BCUT2D eigenvalue weighted by Crippen LogP contribution is 2.47. The zero-order valence-corrected chi connectivity index (χ0v) is 30.7. The van der Waals surface area contributed by atoms with Crippen LogP contribution in [0.1, 0.15) is 140 Å². The number of unbranched alkanes of at least 4 members (excludes halogenated alkanes) is 6. The van der Waals surface area contributed by atoms with Gasteiger partial charge in [0.1, 0.15) is 0 Å². The van der Waals surface area contributed by atoms with E-state index in [-0.39, 0.29) is 40.2 Å². The number of anilines is 1. The summed E-state index contributed by atoms with van der Waals surface area (Å²) in [6.45, 7) is 4.33. The smallest absolute Gasteiger partial charge is 0.337 e. The van der Waals surface area contributed by atoms with E-state index in [4.69, 9.17) is 0 Å². The van der Waals surface area contributed by atoms with E-state index in [0.29, 0.717) is 27.3 Å². The summed E-state index contributed by atoms with van der Waals surface area (Å²) in [6.07, 6.45) is 9.99. The molecule has 0 aromatic heterocycles. The van der Waals surface area contributed by atoms with Crippen LogP contribution in [0.5, 0.6) is 0 Å². The standard InChI is InChI=1S/C45H40N2O8/c1-3-5-7-9-11-25(12-10-8-6-4-2)46-40(48)31-19-15-26-28-17-21-33-39-34(22-18-29(37(28)39)27-16-20-32(41(46)49)38(31)36(26)27)43(51)47(42(33)50)35-23-24(44(52)53)13-14-30(35)45(54)55/h13-23,25H,3-12H2,1-2H3,(H,52,53)(H,54,55). The molecular weight excluding hydrogens is 697 g/mol. The van der Waals surface area contributed by atoms with Crippen molar-refractivity contribution in [1.82, 2.24) is 4.90 Å². The Morgan fingerprint density at radius 1 is 0.527 bits per heavy atom. The van der Waals surface area contributed by atoms with Crippen LogP contribution in [0.15, 0.2) is 66.7 Å². The fraction of sp³-hybridized carbons (Fsp3) is 0.289. The summed E-state index contributed by atoms with van der Waals surface area (Å²) in [5.41, 5.74) is 0.278. The van der Waals surface area contributed by atoms with Gasteiger partial charge in [0.25, 0.3) is 23.6 Å². The molecule has 0 bridgehead atoms. The second-order valence-corrected chi connectivity index (χ2v) is 14.8. The van der Waals surface area contributed by atoms with E-state index >= 15 is 0 Å². The molecule has 55 heavy (non-hydrogen) atoms. The van der Waals surface area contributed by atoms with Crippen molar-refractivity contribution in [1.29, 1.82) is 0 Å². The molecule has 6 aromatic rings. The lowest BCUT2D eigenvalue weighted by Crippen LogP contribution is -2.47. The van der Waals surface area contributed by atoms with Gasteiger partial charge in [-0.15, -0.1) is 0 Å². The lowest BCUT2D eigenvalue weighted by Gasteiger charge is -2.35. The normalized spacial score (nSPS) is 14.2. The molecule has 4 amide bonds. The molecule has 2 aliphatic heterocycles. The predicted octanol–water partition coefficient (Wildman–Crippen LogP) is 9.84. The van der Waals surface area contributed by atoms with Crippen molar-refractivity contribution in [2.24, 2.45) is 0 Å². The number of hydrogen-bond acceptors (Lipinski definition) is 6. The first-order chi connectivity index (χ1) is 26.6. The number of carbonyl (C=O) groups excluding carboxylic acids is 4. The van der Waals surface area contributed by atoms with Gasteiger partial charge < -0.3 is 10.2 Å². The van der Waals surface area contributed by atoms with Gasteiger partial charge in [-0.25, -0.2) is 14.5 Å². The summed E-state index contributed by atoms with van der Waals surface area (Å²) >= 11 is 0. The molecule has 0 atom stereocenters. The summed E-state index contributed by atoms with van der Waals surface area (Å²) in [5, 5.41) is 25.0. The lowest BCUT2D eigenvalue weighted by molar-refractivity contribution is 0.0515. The van der Waals surface area contributed by atoms with Gasteiger partial charge >= 0.3 is 11.9 Å². The molecule has 2 heterocycles. The number of fused-ring (bicyclic) bond motifs is 2. The van der Waals surface area contributed by atoms with Gasteiger partial charge in [0.15, 0.2) is 0 Å². The summed E-state index contributed by atoms with van der Waals surface area (Å²) in [4.78, 5) is 83.5. The van der Waals surface area contributed by atoms with E-state index < -0.39 is 29.3 Å². The molecule has 0 saturated carbocycles. The van der Waals surface area contributed by atoms with Crippen molar-refractivity contribution in [2.75, 3.05) is 4.90 Å². The molecule has 278 valence electrons. The Morgan fingerprint density at radius 3 is 1.36 bits per heavy atom. The van der Waals surface area contributed by atoms with E-state index in [1.807, 2.05) is 12.1 Å². The molecule has 0 saturated heterocycles. The zero-order valence-electron chi connectivity index (χ0n) is 30.7. The van der Waals surface area contributed by atoms with E-state index in [0.717, 1.165) is 114 Å². The minimum absolute atomic E-state index is 0.159. The highest BCUT2D eigenvalue weighted by atomic mass is 16.4. The van der Waals surface area contributed by atoms with Crippen molar-refractivity contribution >= 4 is 84.3 Å². The number of aromatic carboxylic acids is 2. The van der Waals surface area contributed by atoms with Crippen LogP contribution >= 0.6 is 0 Å². The van der Waals surface area contributed by atoms with Crippen LogP contribution in [0.4, 0.5) is 5.69 Å². The highest BCUT2D eigenvalue weighted by molar-refractivity contribution is 6.44. The van der Waals surface area contributed by atoms with Crippen LogP contribution in [-0.2, 0) is 0 Å². The predicted molar refractivity (Wildman–Crippen MR) is 211 cm³/mol. The Kier molecular flexibility index (Phi) is 9.07. The molecule has 2 aliphatic rings. The number of rotatable bonds is 14. The molecule has 0 aliphatic carbocycles. The van der Waals surface area contributed by atoms with E-state index in [1.54, 1.807) is 36.4 Å². The Balaban J connectivity index is 1.27. The third-order valence-electron chi connectivity index (χ3n) is 11.5. The van der Waals surface area contributed by atoms with Crippen molar-refractivity contribution < 1.29 is 39.0 Å². The fourth-order valence-corrected chi connectivity index (χ4v) is 8.88. The van der Waals surface area contributed by atoms with Crippen LogP contribution in [-0.4, -0.2) is 56.7 Å². The van der Waals surface area contributed by atoms with Crippen LogP contribution in [0.2, 0.25) is 0 Å². The van der Waals surface area contributed by atoms with Crippen molar-refractivity contribution in [3.05, 3.63) is 100 Å². The fourth-order valence-electron chi connectivity index (χ4n) is 8.88. The molecule has 10 nitrogen and oxygen atoms in total. The molecule has 0 radical (unpaired) electrons.